The molecule has 2 aromatic heterocycles. The highest BCUT2D eigenvalue weighted by atomic mass is 32.2. The van der Waals surface area contributed by atoms with Crippen LogP contribution in [0, 0.1) is 13.8 Å². The number of nitrogens with zero attached hydrogens (tertiary/aromatic N) is 4. The molecule has 0 saturated carbocycles. The van der Waals surface area contributed by atoms with Crippen LogP contribution in [0.5, 0.6) is 0 Å². The third kappa shape index (κ3) is 4.69. The third-order valence-corrected chi connectivity index (χ3v) is 6.90. The van der Waals surface area contributed by atoms with Gasteiger partial charge in [-0.2, -0.15) is 0 Å². The van der Waals surface area contributed by atoms with Crippen LogP contribution >= 0.6 is 11.8 Å². The Balaban J connectivity index is 1.46. The molecule has 0 fully saturated rings. The molecule has 9 nitrogen and oxygen atoms in total. The first-order valence-corrected chi connectivity index (χ1v) is 12.2. The van der Waals surface area contributed by atoms with Crippen molar-refractivity contribution in [3.8, 4) is 5.69 Å². The maximum absolute atomic E-state index is 13.1. The zero-order valence-corrected chi connectivity index (χ0v) is 20.2. The number of para-hydroxylation sites is 1. The summed E-state index contributed by atoms with van der Waals surface area (Å²) >= 11 is 1.32. The van der Waals surface area contributed by atoms with Gasteiger partial charge in [0.15, 0.2) is 5.16 Å². The van der Waals surface area contributed by atoms with Gasteiger partial charge in [-0.3, -0.25) is 19.1 Å². The van der Waals surface area contributed by atoms with E-state index in [1.807, 2.05) is 59.7 Å². The molecule has 0 atom stereocenters. The minimum Gasteiger partial charge on any atom is -0.311 e. The lowest BCUT2D eigenvalue weighted by molar-refractivity contribution is -0.116. The van der Waals surface area contributed by atoms with Crippen LogP contribution < -0.4 is 16.1 Å². The highest BCUT2D eigenvalue weighted by Crippen LogP contribution is 2.30. The fourth-order valence-electron chi connectivity index (χ4n) is 4.30. The number of rotatable bonds is 6. The zero-order chi connectivity index (χ0) is 24.5. The molecule has 0 aliphatic carbocycles. The predicted octanol–water partition coefficient (Wildman–Crippen LogP) is 2.53. The van der Waals surface area contributed by atoms with Gasteiger partial charge in [-0.25, -0.2) is 4.79 Å². The number of nitrogens with one attached hydrogen (secondary N) is 2. The largest absolute Gasteiger partial charge is 0.325 e. The second kappa shape index (κ2) is 9.38. The molecular formula is C25H24N6O3S. The summed E-state index contributed by atoms with van der Waals surface area (Å²) in [6.45, 7) is 4.67. The molecule has 1 aliphatic rings. The molecule has 2 N–H and O–H groups in total. The minimum absolute atomic E-state index is 0.0101. The summed E-state index contributed by atoms with van der Waals surface area (Å²) in [5.41, 5.74) is 4.49. The number of thioether (sulfide) groups is 1. The number of hydrogen-bond donors (Lipinski definition) is 2. The SMILES string of the molecule is Cc1ccc(C)c(-n2c(Cc3cc(=O)[nH]c(=O)[nH]3)nnc2SCC(=O)N2CCc3ccccc32)c1. The molecule has 10 heteroatoms. The number of carbonyl (C=O) groups is 1. The summed E-state index contributed by atoms with van der Waals surface area (Å²) in [6.07, 6.45) is 1.05. The van der Waals surface area contributed by atoms with Gasteiger partial charge in [0.2, 0.25) is 5.91 Å². The summed E-state index contributed by atoms with van der Waals surface area (Å²) in [4.78, 5) is 43.3. The van der Waals surface area contributed by atoms with Gasteiger partial charge in [0.25, 0.3) is 5.56 Å². The molecule has 35 heavy (non-hydrogen) atoms. The Bertz CT molecular complexity index is 1510. The molecule has 4 aromatic rings. The van der Waals surface area contributed by atoms with E-state index >= 15 is 0 Å². The van der Waals surface area contributed by atoms with Gasteiger partial charge in [0.05, 0.1) is 11.4 Å². The minimum atomic E-state index is -0.573. The summed E-state index contributed by atoms with van der Waals surface area (Å²) < 4.78 is 1.90. The maximum Gasteiger partial charge on any atom is 0.325 e. The number of aromatic nitrogens is 5. The first-order valence-electron chi connectivity index (χ1n) is 11.2. The number of aryl methyl sites for hydroxylation is 2. The second-order valence-corrected chi connectivity index (χ2v) is 9.47. The van der Waals surface area contributed by atoms with Crippen LogP contribution in [0.4, 0.5) is 5.69 Å². The van der Waals surface area contributed by atoms with E-state index in [2.05, 4.69) is 26.2 Å². The lowest BCUT2D eigenvalue weighted by atomic mass is 10.1. The second-order valence-electron chi connectivity index (χ2n) is 8.53. The van der Waals surface area contributed by atoms with E-state index in [4.69, 9.17) is 0 Å². The van der Waals surface area contributed by atoms with Gasteiger partial charge in [-0.15, -0.1) is 10.2 Å². The fraction of sp³-hybridized carbons (Fsp3) is 0.240. The van der Waals surface area contributed by atoms with E-state index in [1.54, 1.807) is 0 Å². The van der Waals surface area contributed by atoms with Crippen molar-refractivity contribution in [2.75, 3.05) is 17.2 Å². The third-order valence-electron chi connectivity index (χ3n) is 5.98. The van der Waals surface area contributed by atoms with Crippen molar-refractivity contribution < 1.29 is 4.79 Å². The number of benzene rings is 2. The normalized spacial score (nSPS) is 12.7. The van der Waals surface area contributed by atoms with Crippen molar-refractivity contribution in [3.05, 3.63) is 97.6 Å². The molecule has 2 aromatic carbocycles. The number of aromatic amines is 2. The number of anilines is 1. The first kappa shape index (κ1) is 22.9. The summed E-state index contributed by atoms with van der Waals surface area (Å²) in [6, 6.07) is 15.4. The number of fused-ring (bicyclic) bond motifs is 1. The van der Waals surface area contributed by atoms with E-state index in [1.165, 1.54) is 23.4 Å². The van der Waals surface area contributed by atoms with Crippen LogP contribution in [0.25, 0.3) is 5.69 Å². The van der Waals surface area contributed by atoms with Crippen LogP contribution in [0.2, 0.25) is 0 Å². The average Bonchev–Trinajstić information content (AvgIpc) is 3.42. The Kier molecular flexibility index (Phi) is 6.12. The quantitative estimate of drug-likeness (QED) is 0.403. The van der Waals surface area contributed by atoms with Gasteiger partial charge in [-0.1, -0.05) is 42.1 Å². The Morgan fingerprint density at radius 3 is 2.69 bits per heavy atom. The van der Waals surface area contributed by atoms with Gasteiger partial charge in [-0.05, 0) is 49.1 Å². The van der Waals surface area contributed by atoms with Crippen molar-refractivity contribution in [2.45, 2.75) is 31.8 Å². The standard InChI is InChI=1S/C25H24N6O3S/c1-15-7-8-16(2)20(11-15)31-21(12-18-13-22(32)27-24(34)26-18)28-29-25(31)35-14-23(33)30-10-9-17-5-3-4-6-19(17)30/h3-8,11,13H,9-10,12,14H2,1-2H3,(H2,26,27,32,34). The van der Waals surface area contributed by atoms with Crippen molar-refractivity contribution in [1.82, 2.24) is 24.7 Å². The molecule has 0 unspecified atom stereocenters. The molecule has 0 spiro atoms. The van der Waals surface area contributed by atoms with E-state index in [0.29, 0.717) is 23.2 Å². The van der Waals surface area contributed by atoms with Crippen LogP contribution in [-0.4, -0.2) is 42.9 Å². The topological polar surface area (TPSA) is 117 Å². The first-order chi connectivity index (χ1) is 16.9. The van der Waals surface area contributed by atoms with Crippen LogP contribution in [0.15, 0.2) is 63.3 Å². The molecule has 0 bridgehead atoms. The van der Waals surface area contributed by atoms with Gasteiger partial charge in [0.1, 0.15) is 5.82 Å². The summed E-state index contributed by atoms with van der Waals surface area (Å²) in [5, 5.41) is 9.31. The molecule has 1 aliphatic heterocycles. The molecule has 178 valence electrons. The monoisotopic (exact) mass is 488 g/mol. The smallest absolute Gasteiger partial charge is 0.311 e. The zero-order valence-electron chi connectivity index (χ0n) is 19.4. The maximum atomic E-state index is 13.1. The van der Waals surface area contributed by atoms with Crippen molar-refractivity contribution in [1.29, 1.82) is 0 Å². The number of carbonyl (C=O) groups excluding carboxylic acids is 1. The van der Waals surface area contributed by atoms with Gasteiger partial charge >= 0.3 is 5.69 Å². The predicted molar refractivity (Wildman–Crippen MR) is 135 cm³/mol. The number of amides is 1. The van der Waals surface area contributed by atoms with E-state index in [-0.39, 0.29) is 18.1 Å². The van der Waals surface area contributed by atoms with E-state index in [9.17, 15) is 14.4 Å². The van der Waals surface area contributed by atoms with Crippen LogP contribution in [0.3, 0.4) is 0 Å². The highest BCUT2D eigenvalue weighted by Gasteiger charge is 2.25. The van der Waals surface area contributed by atoms with Crippen LogP contribution in [-0.2, 0) is 17.6 Å². The number of hydrogen-bond acceptors (Lipinski definition) is 6. The molecule has 3 heterocycles. The Hall–Kier alpha value is -3.92. The van der Waals surface area contributed by atoms with Crippen LogP contribution in [0.1, 0.15) is 28.2 Å². The average molecular weight is 489 g/mol. The lowest BCUT2D eigenvalue weighted by Gasteiger charge is -2.17. The van der Waals surface area contributed by atoms with Gasteiger partial charge < -0.3 is 9.88 Å². The summed E-state index contributed by atoms with van der Waals surface area (Å²) in [7, 11) is 0. The molecule has 1 amide bonds. The van der Waals surface area contributed by atoms with Crippen molar-refractivity contribution >= 4 is 23.4 Å². The Morgan fingerprint density at radius 1 is 1.03 bits per heavy atom. The molecular weight excluding hydrogens is 464 g/mol. The lowest BCUT2D eigenvalue weighted by Crippen LogP contribution is -2.30. The van der Waals surface area contributed by atoms with Crippen molar-refractivity contribution in [3.63, 3.8) is 0 Å². The van der Waals surface area contributed by atoms with Gasteiger partial charge in [0, 0.05) is 30.4 Å². The Labute approximate surface area is 205 Å². The summed E-state index contributed by atoms with van der Waals surface area (Å²) in [5.74, 6) is 0.775. The highest BCUT2D eigenvalue weighted by molar-refractivity contribution is 7.99. The Morgan fingerprint density at radius 2 is 1.86 bits per heavy atom. The molecule has 5 rings (SSSR count). The van der Waals surface area contributed by atoms with Crippen molar-refractivity contribution in [2.24, 2.45) is 0 Å². The fourth-order valence-corrected chi connectivity index (χ4v) is 5.14. The number of H-pyrrole nitrogens is 2. The van der Waals surface area contributed by atoms with E-state index in [0.717, 1.165) is 28.9 Å². The molecule has 0 saturated heterocycles. The molecule has 0 radical (unpaired) electrons. The van der Waals surface area contributed by atoms with E-state index < -0.39 is 11.2 Å².